The summed E-state index contributed by atoms with van der Waals surface area (Å²) in [5.74, 6) is -0.515. The molecule has 2 atom stereocenters. The minimum Gasteiger partial charge on any atom is -0.364 e. The van der Waals surface area contributed by atoms with Crippen molar-refractivity contribution in [2.24, 2.45) is 10.8 Å². The topological polar surface area (TPSA) is 149 Å². The van der Waals surface area contributed by atoms with Gasteiger partial charge in [0.05, 0.1) is 0 Å². The van der Waals surface area contributed by atoms with Crippen molar-refractivity contribution in [2.75, 3.05) is 0 Å². The molecule has 1 aromatic carbocycles. The Hall–Kier alpha value is -2.27. The van der Waals surface area contributed by atoms with Crippen molar-refractivity contribution in [2.45, 2.75) is 11.0 Å². The number of benzene rings is 1. The number of nitrogens with one attached hydrogen (secondary N) is 2. The van der Waals surface area contributed by atoms with Crippen molar-refractivity contribution in [1.82, 2.24) is 10.9 Å². The van der Waals surface area contributed by atoms with Crippen molar-refractivity contribution in [3.05, 3.63) is 56.1 Å². The molecule has 0 spiro atoms. The van der Waals surface area contributed by atoms with Crippen LogP contribution in [-0.2, 0) is 0 Å². The molecule has 0 aliphatic carbocycles. The molecular formula is C9H11BrN6O4. The van der Waals surface area contributed by atoms with Crippen LogP contribution in [0.2, 0.25) is 0 Å². The SMILES string of the molecule is NC(=N[N+](=O)[O-])NNC(c1ccccc1)C(Br)[N+](=O)[O-]. The lowest BCUT2D eigenvalue weighted by Crippen LogP contribution is -2.48. The summed E-state index contributed by atoms with van der Waals surface area (Å²) in [5, 5.41) is 22.8. The van der Waals surface area contributed by atoms with Crippen molar-refractivity contribution in [3.8, 4) is 0 Å². The van der Waals surface area contributed by atoms with Crippen LogP contribution in [0, 0.1) is 20.2 Å². The highest BCUT2D eigenvalue weighted by Crippen LogP contribution is 2.22. The van der Waals surface area contributed by atoms with Gasteiger partial charge in [-0.15, -0.1) is 0 Å². The van der Waals surface area contributed by atoms with Crippen LogP contribution in [0.1, 0.15) is 11.6 Å². The van der Waals surface area contributed by atoms with Gasteiger partial charge in [0.2, 0.25) is 0 Å². The first kappa shape index (κ1) is 15.8. The lowest BCUT2D eigenvalue weighted by atomic mass is 10.1. The molecule has 0 radical (unpaired) electrons. The maximum atomic E-state index is 10.9. The maximum absolute atomic E-state index is 10.9. The quantitative estimate of drug-likeness (QED) is 0.168. The van der Waals surface area contributed by atoms with Crippen LogP contribution in [0.15, 0.2) is 35.4 Å². The van der Waals surface area contributed by atoms with E-state index >= 15 is 0 Å². The molecule has 0 amide bonds. The smallest absolute Gasteiger partial charge is 0.286 e. The lowest BCUT2D eigenvalue weighted by Gasteiger charge is -2.19. The Labute approximate surface area is 121 Å². The number of halogens is 1. The minimum absolute atomic E-state index is 0.515. The Morgan fingerprint density at radius 3 is 2.40 bits per heavy atom. The average molecular weight is 347 g/mol. The van der Waals surface area contributed by atoms with Gasteiger partial charge in [0.15, 0.2) is 5.03 Å². The largest absolute Gasteiger partial charge is 0.364 e. The van der Waals surface area contributed by atoms with E-state index in [0.29, 0.717) is 5.56 Å². The zero-order chi connectivity index (χ0) is 15.1. The van der Waals surface area contributed by atoms with Crippen LogP contribution >= 0.6 is 15.9 Å². The molecule has 1 rings (SSSR count). The van der Waals surface area contributed by atoms with Gasteiger partial charge in [-0.2, -0.15) is 0 Å². The molecule has 1 aromatic rings. The molecule has 0 heterocycles. The van der Waals surface area contributed by atoms with Gasteiger partial charge in [-0.1, -0.05) is 30.3 Å². The Kier molecular flexibility index (Phi) is 5.80. The van der Waals surface area contributed by atoms with Gasteiger partial charge < -0.3 is 5.73 Å². The second-order valence-corrected chi connectivity index (χ2v) is 4.48. The Bertz CT molecular complexity index is 510. The summed E-state index contributed by atoms with van der Waals surface area (Å²) in [6.07, 6.45) is 0. The molecule has 4 N–H and O–H groups in total. The summed E-state index contributed by atoms with van der Waals surface area (Å²) in [7, 11) is 0. The molecular weight excluding hydrogens is 336 g/mol. The lowest BCUT2D eigenvalue weighted by molar-refractivity contribution is -0.498. The molecule has 0 saturated heterocycles. The predicted molar refractivity (Wildman–Crippen MR) is 73.8 cm³/mol. The van der Waals surface area contributed by atoms with Crippen molar-refractivity contribution < 1.29 is 9.96 Å². The summed E-state index contributed by atoms with van der Waals surface area (Å²) in [6, 6.07) is 7.68. The van der Waals surface area contributed by atoms with Crippen LogP contribution < -0.4 is 16.6 Å². The molecule has 0 saturated carbocycles. The molecule has 11 heteroatoms. The summed E-state index contributed by atoms with van der Waals surface area (Å²) in [4.78, 5) is 19.3. The molecule has 0 bridgehead atoms. The van der Waals surface area contributed by atoms with Crippen LogP contribution in [0.25, 0.3) is 0 Å². The third-order valence-corrected chi connectivity index (χ3v) is 3.04. The fourth-order valence-electron chi connectivity index (χ4n) is 1.36. The number of rotatable bonds is 6. The van der Waals surface area contributed by atoms with E-state index in [0.717, 1.165) is 0 Å². The third kappa shape index (κ3) is 4.78. The van der Waals surface area contributed by atoms with E-state index in [-0.39, 0.29) is 0 Å². The molecule has 10 nitrogen and oxygen atoms in total. The minimum atomic E-state index is -1.17. The number of hydrogen-bond acceptors (Lipinski definition) is 5. The molecule has 0 aromatic heterocycles. The number of hydrogen-bond donors (Lipinski definition) is 3. The standard InChI is InChI=1S/C9H11BrN6O4/c10-8(15(17)18)7(6-4-2-1-3-5-6)12-13-9(11)14-16(19)20/h1-5,7-8,12H,(H3,11,13,14). The molecule has 0 aliphatic heterocycles. The summed E-state index contributed by atoms with van der Waals surface area (Å²) in [5.41, 5.74) is 10.6. The Morgan fingerprint density at radius 2 is 1.90 bits per heavy atom. The number of guanidine groups is 1. The van der Waals surface area contributed by atoms with Crippen LogP contribution in [-0.4, -0.2) is 20.9 Å². The number of nitrogens with zero attached hydrogens (tertiary/aromatic N) is 3. The van der Waals surface area contributed by atoms with Gasteiger partial charge in [-0.25, -0.2) is 15.5 Å². The van der Waals surface area contributed by atoms with Gasteiger partial charge in [-0.05, 0) is 21.5 Å². The zero-order valence-corrected chi connectivity index (χ0v) is 11.6. The summed E-state index contributed by atoms with van der Waals surface area (Å²) < 4.78 is 0. The highest BCUT2D eigenvalue weighted by atomic mass is 79.9. The summed E-state index contributed by atoms with van der Waals surface area (Å²) in [6.45, 7) is 0. The van der Waals surface area contributed by atoms with Crippen LogP contribution in [0.4, 0.5) is 0 Å². The van der Waals surface area contributed by atoms with Gasteiger partial charge in [0.1, 0.15) is 11.1 Å². The van der Waals surface area contributed by atoms with Gasteiger partial charge in [0.25, 0.3) is 10.9 Å². The Morgan fingerprint density at radius 1 is 1.30 bits per heavy atom. The van der Waals surface area contributed by atoms with E-state index < -0.39 is 26.9 Å². The van der Waals surface area contributed by atoms with Crippen LogP contribution in [0.3, 0.4) is 0 Å². The summed E-state index contributed by atoms with van der Waals surface area (Å²) >= 11 is 2.93. The fourth-order valence-corrected chi connectivity index (χ4v) is 1.80. The number of hydrazone groups is 1. The van der Waals surface area contributed by atoms with E-state index in [1.807, 2.05) is 0 Å². The molecule has 0 fully saturated rings. The van der Waals surface area contributed by atoms with E-state index in [1.165, 1.54) is 0 Å². The van der Waals surface area contributed by atoms with Crippen LogP contribution in [0.5, 0.6) is 0 Å². The van der Waals surface area contributed by atoms with Crippen molar-refractivity contribution in [3.63, 3.8) is 0 Å². The second-order valence-electron chi connectivity index (χ2n) is 3.54. The number of alkyl halides is 1. The van der Waals surface area contributed by atoms with Crippen molar-refractivity contribution in [1.29, 1.82) is 0 Å². The van der Waals surface area contributed by atoms with Gasteiger partial charge in [-0.3, -0.25) is 15.5 Å². The van der Waals surface area contributed by atoms with Gasteiger partial charge in [0, 0.05) is 4.92 Å². The number of hydrazine groups is 1. The highest BCUT2D eigenvalue weighted by molar-refractivity contribution is 9.09. The number of nitro groups is 2. The van der Waals surface area contributed by atoms with Crippen molar-refractivity contribution >= 4 is 21.9 Å². The van der Waals surface area contributed by atoms with E-state index in [9.17, 15) is 20.2 Å². The second kappa shape index (κ2) is 7.35. The predicted octanol–water partition coefficient (Wildman–Crippen LogP) is 0.326. The third-order valence-electron chi connectivity index (χ3n) is 2.18. The Balaban J connectivity index is 2.85. The molecule has 0 aliphatic rings. The van der Waals surface area contributed by atoms with Gasteiger partial charge >= 0.3 is 0 Å². The average Bonchev–Trinajstić information content (AvgIpc) is 2.39. The maximum Gasteiger partial charge on any atom is 0.286 e. The molecule has 108 valence electrons. The molecule has 20 heavy (non-hydrogen) atoms. The zero-order valence-electron chi connectivity index (χ0n) is 9.97. The van der Waals surface area contributed by atoms with E-state index in [2.05, 4.69) is 31.9 Å². The first-order valence-corrected chi connectivity index (χ1v) is 6.16. The first-order valence-electron chi connectivity index (χ1n) is 5.24. The van der Waals surface area contributed by atoms with E-state index in [4.69, 9.17) is 5.73 Å². The monoisotopic (exact) mass is 346 g/mol. The number of nitrogens with two attached hydrogens (primary N) is 1. The highest BCUT2D eigenvalue weighted by Gasteiger charge is 2.30. The fraction of sp³-hybridized carbons (Fsp3) is 0.222. The first-order chi connectivity index (χ1) is 9.41. The molecule has 2 unspecified atom stereocenters. The van der Waals surface area contributed by atoms with E-state index in [1.54, 1.807) is 30.3 Å². The normalized spacial score (nSPS) is 14.3.